The molecule has 2 bridgehead atoms. The van der Waals surface area contributed by atoms with Crippen molar-refractivity contribution in [2.75, 3.05) is 26.8 Å². The van der Waals surface area contributed by atoms with Crippen LogP contribution in [0.15, 0.2) is 30.5 Å². The van der Waals surface area contributed by atoms with E-state index in [0.717, 1.165) is 47.9 Å². The second kappa shape index (κ2) is 8.79. The zero-order chi connectivity index (χ0) is 19.5. The molecular formula is C24H34N2O2. The zero-order valence-electron chi connectivity index (χ0n) is 17.6. The summed E-state index contributed by atoms with van der Waals surface area (Å²) in [7, 11) is 1.73. The average Bonchev–Trinajstić information content (AvgIpc) is 2.76. The standard InChI is InChI=1S/C24H34N2O2/c1-4-6-13-28-24(23-14-18-10-12-26(23)16-17(18)5-2)20-9-11-25-22-8-7-19(27-3)15-21(20)22/h7-9,11,15,17-18,23-24H,4-6,10,12-14,16H2,1-3H3/t17-,18-,23-,24+/m0/s1. The summed E-state index contributed by atoms with van der Waals surface area (Å²) in [6.45, 7) is 7.83. The average molecular weight is 383 g/mol. The number of fused-ring (bicyclic) bond motifs is 4. The molecule has 4 heterocycles. The number of aromatic nitrogens is 1. The van der Waals surface area contributed by atoms with E-state index in [4.69, 9.17) is 9.47 Å². The number of methoxy groups -OCH3 is 1. The number of hydrogen-bond acceptors (Lipinski definition) is 4. The summed E-state index contributed by atoms with van der Waals surface area (Å²) >= 11 is 0. The SMILES string of the molecule is CCCCO[C@H](c1ccnc2ccc(OC)cc12)[C@@H]1C[C@@H]2CCN1C[C@@H]2CC. The summed E-state index contributed by atoms with van der Waals surface area (Å²) in [6.07, 6.45) is 8.20. The van der Waals surface area contributed by atoms with Crippen molar-refractivity contribution in [1.82, 2.24) is 9.88 Å². The van der Waals surface area contributed by atoms with Gasteiger partial charge >= 0.3 is 0 Å². The topological polar surface area (TPSA) is 34.6 Å². The third-order valence-corrected chi connectivity index (χ3v) is 6.89. The first-order valence-electron chi connectivity index (χ1n) is 11.0. The molecule has 0 aliphatic carbocycles. The van der Waals surface area contributed by atoms with E-state index in [0.29, 0.717) is 6.04 Å². The van der Waals surface area contributed by atoms with E-state index in [9.17, 15) is 0 Å². The van der Waals surface area contributed by atoms with Crippen LogP contribution in [0, 0.1) is 11.8 Å². The maximum atomic E-state index is 6.60. The highest BCUT2D eigenvalue weighted by molar-refractivity contribution is 5.84. The number of ether oxygens (including phenoxy) is 2. The molecule has 3 saturated heterocycles. The van der Waals surface area contributed by atoms with Crippen molar-refractivity contribution in [3.63, 3.8) is 0 Å². The molecule has 4 nitrogen and oxygen atoms in total. The maximum absolute atomic E-state index is 6.60. The van der Waals surface area contributed by atoms with Gasteiger partial charge in [-0.2, -0.15) is 0 Å². The summed E-state index contributed by atoms with van der Waals surface area (Å²) < 4.78 is 12.1. The highest BCUT2D eigenvalue weighted by atomic mass is 16.5. The van der Waals surface area contributed by atoms with Crippen molar-refractivity contribution in [3.8, 4) is 5.75 Å². The van der Waals surface area contributed by atoms with Crippen molar-refractivity contribution in [2.45, 2.75) is 58.1 Å². The van der Waals surface area contributed by atoms with Crippen LogP contribution < -0.4 is 4.74 Å². The molecular weight excluding hydrogens is 348 g/mol. The quantitative estimate of drug-likeness (QED) is 0.586. The molecule has 1 unspecified atom stereocenters. The minimum absolute atomic E-state index is 0.102. The predicted octanol–water partition coefficient (Wildman–Crippen LogP) is 5.22. The molecule has 2 aromatic rings. The first kappa shape index (κ1) is 19.7. The van der Waals surface area contributed by atoms with Crippen LogP contribution in [0.5, 0.6) is 5.75 Å². The lowest BCUT2D eigenvalue weighted by Crippen LogP contribution is -2.55. The van der Waals surface area contributed by atoms with E-state index in [-0.39, 0.29) is 6.10 Å². The van der Waals surface area contributed by atoms with Gasteiger partial charge in [0.1, 0.15) is 5.75 Å². The van der Waals surface area contributed by atoms with E-state index >= 15 is 0 Å². The Labute approximate surface area is 169 Å². The first-order chi connectivity index (χ1) is 13.7. The van der Waals surface area contributed by atoms with E-state index in [1.165, 1.54) is 37.9 Å². The molecule has 1 aromatic heterocycles. The summed E-state index contributed by atoms with van der Waals surface area (Å²) in [5.41, 5.74) is 2.29. The lowest BCUT2D eigenvalue weighted by atomic mass is 9.72. The molecule has 0 spiro atoms. The molecule has 1 aromatic carbocycles. The normalized spacial score (nSPS) is 27.8. The molecule has 0 N–H and O–H groups in total. The van der Waals surface area contributed by atoms with Crippen LogP contribution >= 0.6 is 0 Å². The summed E-state index contributed by atoms with van der Waals surface area (Å²) in [5, 5.41) is 1.16. The van der Waals surface area contributed by atoms with Gasteiger partial charge in [-0.15, -0.1) is 0 Å². The van der Waals surface area contributed by atoms with Crippen molar-refractivity contribution in [1.29, 1.82) is 0 Å². The van der Waals surface area contributed by atoms with E-state index in [2.05, 4.69) is 41.9 Å². The minimum Gasteiger partial charge on any atom is -0.497 e. The van der Waals surface area contributed by atoms with Crippen molar-refractivity contribution in [2.24, 2.45) is 11.8 Å². The Balaban J connectivity index is 1.70. The molecule has 3 fully saturated rings. The predicted molar refractivity (Wildman–Crippen MR) is 114 cm³/mol. The molecule has 5 atom stereocenters. The van der Waals surface area contributed by atoms with Gasteiger partial charge in [-0.05, 0) is 67.5 Å². The van der Waals surface area contributed by atoms with Gasteiger partial charge in [0.05, 0.1) is 18.7 Å². The number of rotatable bonds is 8. The molecule has 0 saturated carbocycles. The third kappa shape index (κ3) is 3.77. The monoisotopic (exact) mass is 382 g/mol. The molecule has 3 aliphatic heterocycles. The van der Waals surface area contributed by atoms with E-state index < -0.39 is 0 Å². The van der Waals surface area contributed by atoms with Crippen LogP contribution in [0.4, 0.5) is 0 Å². The molecule has 28 heavy (non-hydrogen) atoms. The van der Waals surface area contributed by atoms with Crippen LogP contribution in [0.3, 0.4) is 0 Å². The second-order valence-electron chi connectivity index (χ2n) is 8.44. The van der Waals surface area contributed by atoms with Crippen molar-refractivity contribution >= 4 is 10.9 Å². The largest absolute Gasteiger partial charge is 0.497 e. The Morgan fingerprint density at radius 2 is 2.14 bits per heavy atom. The number of pyridine rings is 1. The highest BCUT2D eigenvalue weighted by Gasteiger charge is 2.43. The zero-order valence-corrected chi connectivity index (χ0v) is 17.6. The maximum Gasteiger partial charge on any atom is 0.119 e. The number of unbranched alkanes of at least 4 members (excludes halogenated alkanes) is 1. The van der Waals surface area contributed by atoms with Crippen LogP contribution in [-0.2, 0) is 4.74 Å². The van der Waals surface area contributed by atoms with E-state index in [1.807, 2.05) is 12.3 Å². The van der Waals surface area contributed by atoms with E-state index in [1.54, 1.807) is 7.11 Å². The Morgan fingerprint density at radius 3 is 2.86 bits per heavy atom. The summed E-state index contributed by atoms with van der Waals surface area (Å²) in [4.78, 5) is 7.30. The Morgan fingerprint density at radius 1 is 1.25 bits per heavy atom. The van der Waals surface area contributed by atoms with Gasteiger partial charge < -0.3 is 9.47 Å². The van der Waals surface area contributed by atoms with Crippen LogP contribution in [0.25, 0.3) is 10.9 Å². The van der Waals surface area contributed by atoms with Crippen molar-refractivity contribution in [3.05, 3.63) is 36.0 Å². The van der Waals surface area contributed by atoms with Crippen molar-refractivity contribution < 1.29 is 9.47 Å². The number of hydrogen-bond donors (Lipinski definition) is 0. The molecule has 5 rings (SSSR count). The van der Waals surface area contributed by atoms with Gasteiger partial charge in [-0.25, -0.2) is 0 Å². The van der Waals surface area contributed by atoms with Crippen LogP contribution in [-0.4, -0.2) is 42.7 Å². The minimum atomic E-state index is 0.102. The Hall–Kier alpha value is -1.65. The third-order valence-electron chi connectivity index (χ3n) is 6.89. The fourth-order valence-electron chi connectivity index (χ4n) is 5.24. The first-order valence-corrected chi connectivity index (χ1v) is 11.0. The molecule has 0 radical (unpaired) electrons. The van der Waals surface area contributed by atoms with Gasteiger partial charge in [0.15, 0.2) is 0 Å². The summed E-state index contributed by atoms with van der Waals surface area (Å²) in [6, 6.07) is 8.80. The van der Waals surface area contributed by atoms with Gasteiger partial charge in [0, 0.05) is 30.8 Å². The Kier molecular flexibility index (Phi) is 6.17. The highest BCUT2D eigenvalue weighted by Crippen LogP contribution is 2.44. The van der Waals surface area contributed by atoms with Gasteiger partial charge in [0.2, 0.25) is 0 Å². The fraction of sp³-hybridized carbons (Fsp3) is 0.625. The lowest BCUT2D eigenvalue weighted by Gasteiger charge is -2.52. The molecule has 152 valence electrons. The second-order valence-corrected chi connectivity index (χ2v) is 8.44. The summed E-state index contributed by atoms with van der Waals surface area (Å²) in [5.74, 6) is 2.58. The smallest absolute Gasteiger partial charge is 0.119 e. The van der Waals surface area contributed by atoms with Gasteiger partial charge in [0.25, 0.3) is 0 Å². The molecule has 0 amide bonds. The van der Waals surface area contributed by atoms with Crippen LogP contribution in [0.2, 0.25) is 0 Å². The van der Waals surface area contributed by atoms with Gasteiger partial charge in [-0.1, -0.05) is 26.7 Å². The van der Waals surface area contributed by atoms with Gasteiger partial charge in [-0.3, -0.25) is 9.88 Å². The number of benzene rings is 1. The van der Waals surface area contributed by atoms with Crippen LogP contribution in [0.1, 0.15) is 57.6 Å². The Bertz CT molecular complexity index is 793. The lowest BCUT2D eigenvalue weighted by molar-refractivity contribution is -0.0833. The number of nitrogens with zero attached hydrogens (tertiary/aromatic N) is 2. The molecule has 4 heteroatoms. The fourth-order valence-corrected chi connectivity index (χ4v) is 5.24. The number of piperidine rings is 3. The molecule has 3 aliphatic rings.